The van der Waals surface area contributed by atoms with E-state index in [2.05, 4.69) is 10.3 Å². The lowest BCUT2D eigenvalue weighted by molar-refractivity contribution is 0.895. The fraction of sp³-hybridized carbons (Fsp3) is 0. The second-order valence-electron chi connectivity index (χ2n) is 4.29. The quantitative estimate of drug-likeness (QED) is 0.735. The van der Waals surface area contributed by atoms with E-state index in [1.165, 1.54) is 4.68 Å². The van der Waals surface area contributed by atoms with E-state index in [-0.39, 0.29) is 11.5 Å². The van der Waals surface area contributed by atoms with E-state index in [0.29, 0.717) is 5.69 Å². The zero-order chi connectivity index (χ0) is 13.9. The molecule has 0 saturated heterocycles. The molecule has 0 radical (unpaired) electrons. The highest BCUT2D eigenvalue weighted by molar-refractivity contribution is 5.80. The zero-order valence-corrected chi connectivity index (χ0v) is 10.6. The Morgan fingerprint density at radius 1 is 0.950 bits per heavy atom. The summed E-state index contributed by atoms with van der Waals surface area (Å²) in [5.41, 5.74) is 8.24. The summed E-state index contributed by atoms with van der Waals surface area (Å²) >= 11 is 0. The fourth-order valence-corrected chi connectivity index (χ4v) is 2.07. The normalized spacial score (nSPS) is 10.4. The van der Waals surface area contributed by atoms with Crippen molar-refractivity contribution in [1.82, 2.24) is 9.78 Å². The maximum Gasteiger partial charge on any atom is 0.178 e. The molecular weight excluding hydrogens is 252 g/mol. The van der Waals surface area contributed by atoms with Crippen LogP contribution in [0.1, 0.15) is 0 Å². The minimum absolute atomic E-state index is 0.167. The van der Waals surface area contributed by atoms with Gasteiger partial charge in [-0.15, -0.1) is 4.91 Å². The van der Waals surface area contributed by atoms with Gasteiger partial charge in [0.15, 0.2) is 11.5 Å². The van der Waals surface area contributed by atoms with Gasteiger partial charge >= 0.3 is 0 Å². The summed E-state index contributed by atoms with van der Waals surface area (Å²) in [6.07, 6.45) is 0. The fourth-order valence-electron chi connectivity index (χ4n) is 2.07. The standard InChI is InChI=1S/C15H12N4O/c16-15-14(18-20)13(11-7-3-1-4-8-11)17-19(15)12-9-5-2-6-10-12/h1-10H,16H2. The molecule has 0 atom stereocenters. The van der Waals surface area contributed by atoms with Gasteiger partial charge in [0.05, 0.1) is 5.69 Å². The number of nitrogen functional groups attached to an aromatic ring is 1. The number of nitrogens with two attached hydrogens (primary N) is 1. The van der Waals surface area contributed by atoms with E-state index in [1.807, 2.05) is 60.7 Å². The third-order valence-corrected chi connectivity index (χ3v) is 3.03. The summed E-state index contributed by atoms with van der Waals surface area (Å²) in [6, 6.07) is 18.8. The maximum atomic E-state index is 11.1. The Bertz CT molecular complexity index is 735. The van der Waals surface area contributed by atoms with Gasteiger partial charge in [-0.1, -0.05) is 48.5 Å². The van der Waals surface area contributed by atoms with Crippen molar-refractivity contribution in [3.05, 3.63) is 65.6 Å². The second kappa shape index (κ2) is 4.97. The van der Waals surface area contributed by atoms with Crippen molar-refractivity contribution in [2.24, 2.45) is 5.18 Å². The molecule has 0 amide bonds. The molecule has 0 aliphatic heterocycles. The summed E-state index contributed by atoms with van der Waals surface area (Å²) in [5.74, 6) is 0.241. The maximum absolute atomic E-state index is 11.1. The Balaban J connectivity index is 2.21. The van der Waals surface area contributed by atoms with Crippen LogP contribution >= 0.6 is 0 Å². The second-order valence-corrected chi connectivity index (χ2v) is 4.29. The highest BCUT2D eigenvalue weighted by atomic mass is 16.3. The molecular formula is C15H12N4O. The molecule has 20 heavy (non-hydrogen) atoms. The molecule has 0 saturated carbocycles. The van der Waals surface area contributed by atoms with Crippen LogP contribution in [-0.4, -0.2) is 9.78 Å². The van der Waals surface area contributed by atoms with Crippen LogP contribution in [0.25, 0.3) is 16.9 Å². The van der Waals surface area contributed by atoms with Crippen LogP contribution in [0.5, 0.6) is 0 Å². The third kappa shape index (κ3) is 1.95. The minimum Gasteiger partial charge on any atom is -0.382 e. The van der Waals surface area contributed by atoms with Crippen LogP contribution < -0.4 is 5.73 Å². The zero-order valence-electron chi connectivity index (χ0n) is 10.6. The van der Waals surface area contributed by atoms with Crippen molar-refractivity contribution < 1.29 is 0 Å². The number of rotatable bonds is 3. The molecule has 0 spiro atoms. The predicted molar refractivity (Wildman–Crippen MR) is 78.9 cm³/mol. The number of aromatic nitrogens is 2. The lowest BCUT2D eigenvalue weighted by Gasteiger charge is -2.02. The van der Waals surface area contributed by atoms with Crippen molar-refractivity contribution in [2.75, 3.05) is 5.73 Å². The number of nitroso groups, excluding NO2 is 1. The molecule has 2 N–H and O–H groups in total. The van der Waals surface area contributed by atoms with Crippen molar-refractivity contribution in [1.29, 1.82) is 0 Å². The summed E-state index contributed by atoms with van der Waals surface area (Å²) in [4.78, 5) is 11.1. The molecule has 5 nitrogen and oxygen atoms in total. The number of hydrogen-bond donors (Lipinski definition) is 1. The molecule has 1 aromatic heterocycles. The van der Waals surface area contributed by atoms with Gasteiger partial charge in [-0.25, -0.2) is 4.68 Å². The summed E-state index contributed by atoms with van der Waals surface area (Å²) in [7, 11) is 0. The lowest BCUT2D eigenvalue weighted by atomic mass is 10.1. The minimum atomic E-state index is 0.167. The van der Waals surface area contributed by atoms with Crippen molar-refractivity contribution >= 4 is 11.5 Å². The highest BCUT2D eigenvalue weighted by Gasteiger charge is 2.18. The van der Waals surface area contributed by atoms with Crippen molar-refractivity contribution in [3.63, 3.8) is 0 Å². The first kappa shape index (κ1) is 12.1. The van der Waals surface area contributed by atoms with Gasteiger partial charge in [0.2, 0.25) is 0 Å². The van der Waals surface area contributed by atoms with E-state index in [0.717, 1.165) is 11.3 Å². The molecule has 5 heteroatoms. The van der Waals surface area contributed by atoms with Crippen LogP contribution in [0.4, 0.5) is 11.5 Å². The van der Waals surface area contributed by atoms with E-state index in [9.17, 15) is 4.91 Å². The average Bonchev–Trinajstić information content (AvgIpc) is 2.86. The molecule has 0 aliphatic rings. The van der Waals surface area contributed by atoms with Crippen LogP contribution in [0.15, 0.2) is 65.8 Å². The summed E-state index contributed by atoms with van der Waals surface area (Å²) in [6.45, 7) is 0. The summed E-state index contributed by atoms with van der Waals surface area (Å²) < 4.78 is 1.53. The van der Waals surface area contributed by atoms with E-state index < -0.39 is 0 Å². The van der Waals surface area contributed by atoms with Gasteiger partial charge < -0.3 is 5.73 Å². The topological polar surface area (TPSA) is 73.3 Å². The van der Waals surface area contributed by atoms with Crippen molar-refractivity contribution in [2.45, 2.75) is 0 Å². The van der Waals surface area contributed by atoms with Crippen LogP contribution in [0.3, 0.4) is 0 Å². The molecule has 0 unspecified atom stereocenters. The first-order chi connectivity index (χ1) is 9.81. The van der Waals surface area contributed by atoms with Gasteiger partial charge in [0.25, 0.3) is 0 Å². The Morgan fingerprint density at radius 2 is 1.55 bits per heavy atom. The molecule has 2 aromatic carbocycles. The van der Waals surface area contributed by atoms with Crippen LogP contribution in [0.2, 0.25) is 0 Å². The molecule has 3 rings (SSSR count). The van der Waals surface area contributed by atoms with E-state index >= 15 is 0 Å². The van der Waals surface area contributed by atoms with Gasteiger partial charge in [-0.05, 0) is 17.3 Å². The molecule has 3 aromatic rings. The molecule has 1 heterocycles. The predicted octanol–water partition coefficient (Wildman–Crippen LogP) is 3.52. The first-order valence-electron chi connectivity index (χ1n) is 6.14. The van der Waals surface area contributed by atoms with E-state index in [1.54, 1.807) is 0 Å². The largest absolute Gasteiger partial charge is 0.382 e. The Morgan fingerprint density at radius 3 is 2.15 bits per heavy atom. The molecule has 98 valence electrons. The SMILES string of the molecule is Nc1c(N=O)c(-c2ccccc2)nn1-c1ccccc1. The monoisotopic (exact) mass is 264 g/mol. The Labute approximate surface area is 115 Å². The average molecular weight is 264 g/mol. The van der Waals surface area contributed by atoms with Crippen LogP contribution in [-0.2, 0) is 0 Å². The third-order valence-electron chi connectivity index (χ3n) is 3.03. The first-order valence-corrected chi connectivity index (χ1v) is 6.14. The van der Waals surface area contributed by atoms with Gasteiger partial charge in [-0.3, -0.25) is 0 Å². The van der Waals surface area contributed by atoms with Gasteiger partial charge in [-0.2, -0.15) is 5.10 Å². The number of para-hydroxylation sites is 1. The highest BCUT2D eigenvalue weighted by Crippen LogP contribution is 2.35. The Kier molecular flexibility index (Phi) is 3.01. The lowest BCUT2D eigenvalue weighted by Crippen LogP contribution is -2.01. The summed E-state index contributed by atoms with van der Waals surface area (Å²) in [5, 5.41) is 7.45. The van der Waals surface area contributed by atoms with Crippen molar-refractivity contribution in [3.8, 4) is 16.9 Å². The van der Waals surface area contributed by atoms with Crippen LogP contribution in [0, 0.1) is 4.91 Å². The molecule has 0 aliphatic carbocycles. The molecule has 0 bridgehead atoms. The van der Waals surface area contributed by atoms with Gasteiger partial charge in [0, 0.05) is 5.56 Å². The van der Waals surface area contributed by atoms with E-state index in [4.69, 9.17) is 5.73 Å². The smallest absolute Gasteiger partial charge is 0.178 e. The number of hydrogen-bond acceptors (Lipinski definition) is 4. The van der Waals surface area contributed by atoms with Gasteiger partial charge in [0.1, 0.15) is 5.69 Å². The number of benzene rings is 2. The number of nitrogens with zero attached hydrogens (tertiary/aromatic N) is 3. The Hall–Kier alpha value is -2.95. The number of anilines is 1. The molecule has 0 fully saturated rings.